The number of nitrogens with zero attached hydrogens (tertiary/aromatic N) is 1. The first-order valence-electron chi connectivity index (χ1n) is 5.56. The summed E-state index contributed by atoms with van der Waals surface area (Å²) in [7, 11) is 0. The molecule has 1 aromatic heterocycles. The molecule has 0 bridgehead atoms. The molecule has 1 heterocycles. The first kappa shape index (κ1) is 10.9. The molecule has 0 aliphatic rings. The summed E-state index contributed by atoms with van der Waals surface area (Å²) in [5, 5.41) is 1.74. The zero-order chi connectivity index (χ0) is 11.5. The predicted molar refractivity (Wildman–Crippen MR) is 66.5 cm³/mol. The molecule has 1 aromatic carbocycles. The minimum Gasteiger partial charge on any atom is -0.326 e. The van der Waals surface area contributed by atoms with E-state index in [1.165, 1.54) is 0 Å². The maximum Gasteiger partial charge on any atom is 0.258 e. The second-order valence-electron chi connectivity index (χ2n) is 4.03. The van der Waals surface area contributed by atoms with E-state index in [1.807, 2.05) is 43.5 Å². The van der Waals surface area contributed by atoms with E-state index in [9.17, 15) is 4.79 Å². The van der Waals surface area contributed by atoms with Gasteiger partial charge in [-0.1, -0.05) is 25.1 Å². The summed E-state index contributed by atoms with van der Waals surface area (Å²) in [6, 6.07) is 9.61. The van der Waals surface area contributed by atoms with E-state index in [-0.39, 0.29) is 11.6 Å². The van der Waals surface area contributed by atoms with Gasteiger partial charge in [-0.3, -0.25) is 4.79 Å². The molecular weight excluding hydrogens is 200 g/mol. The van der Waals surface area contributed by atoms with Gasteiger partial charge >= 0.3 is 0 Å². The molecule has 2 N–H and O–H groups in total. The number of nitrogens with two attached hydrogens (primary N) is 1. The number of rotatable bonds is 3. The molecule has 0 fully saturated rings. The van der Waals surface area contributed by atoms with Crippen LogP contribution in [0.3, 0.4) is 0 Å². The van der Waals surface area contributed by atoms with Crippen molar-refractivity contribution in [2.24, 2.45) is 5.73 Å². The fraction of sp³-hybridized carbons (Fsp3) is 0.308. The van der Waals surface area contributed by atoms with E-state index >= 15 is 0 Å². The first-order valence-corrected chi connectivity index (χ1v) is 5.56. The van der Waals surface area contributed by atoms with Gasteiger partial charge < -0.3 is 10.3 Å². The zero-order valence-electron chi connectivity index (χ0n) is 9.39. The smallest absolute Gasteiger partial charge is 0.258 e. The van der Waals surface area contributed by atoms with Gasteiger partial charge in [0.15, 0.2) is 0 Å². The standard InChI is InChI=1S/C13H16N2O/c1-2-11(14)9-15-8-7-10-5-3-4-6-12(10)13(15)16/h3-8,11H,2,9,14H2,1H3. The Morgan fingerprint density at radius 2 is 2.06 bits per heavy atom. The third kappa shape index (κ3) is 1.99. The summed E-state index contributed by atoms with van der Waals surface area (Å²) in [5.74, 6) is 0. The number of benzene rings is 1. The van der Waals surface area contributed by atoms with Gasteiger partial charge in [0.05, 0.1) is 0 Å². The molecule has 2 aromatic rings. The lowest BCUT2D eigenvalue weighted by molar-refractivity contribution is 0.529. The van der Waals surface area contributed by atoms with Crippen LogP contribution in [0.5, 0.6) is 0 Å². The average Bonchev–Trinajstić information content (AvgIpc) is 2.33. The largest absolute Gasteiger partial charge is 0.326 e. The van der Waals surface area contributed by atoms with Crippen LogP contribution in [0.1, 0.15) is 13.3 Å². The molecule has 0 amide bonds. The van der Waals surface area contributed by atoms with Gasteiger partial charge in [0.2, 0.25) is 0 Å². The van der Waals surface area contributed by atoms with E-state index in [4.69, 9.17) is 5.73 Å². The van der Waals surface area contributed by atoms with Crippen LogP contribution in [0.2, 0.25) is 0 Å². The van der Waals surface area contributed by atoms with Gasteiger partial charge in [0, 0.05) is 24.2 Å². The molecule has 16 heavy (non-hydrogen) atoms. The second kappa shape index (κ2) is 4.49. The maximum absolute atomic E-state index is 12.1. The van der Waals surface area contributed by atoms with Crippen LogP contribution >= 0.6 is 0 Å². The van der Waals surface area contributed by atoms with Crippen LogP contribution in [-0.2, 0) is 6.54 Å². The molecular formula is C13H16N2O. The molecule has 1 atom stereocenters. The summed E-state index contributed by atoms with van der Waals surface area (Å²) >= 11 is 0. The molecule has 0 saturated heterocycles. The van der Waals surface area contributed by atoms with Crippen LogP contribution in [0.15, 0.2) is 41.3 Å². The van der Waals surface area contributed by atoms with Crippen molar-refractivity contribution in [3.05, 3.63) is 46.9 Å². The summed E-state index contributed by atoms with van der Waals surface area (Å²) < 4.78 is 1.69. The summed E-state index contributed by atoms with van der Waals surface area (Å²) in [5.41, 5.74) is 5.90. The van der Waals surface area contributed by atoms with Gasteiger partial charge in [-0.2, -0.15) is 0 Å². The topological polar surface area (TPSA) is 48.0 Å². The van der Waals surface area contributed by atoms with E-state index in [1.54, 1.807) is 4.57 Å². The normalized spacial score (nSPS) is 12.9. The van der Waals surface area contributed by atoms with Gasteiger partial charge in [-0.05, 0) is 23.9 Å². The Balaban J connectivity index is 2.49. The molecule has 3 nitrogen and oxygen atoms in total. The Hall–Kier alpha value is -1.61. The summed E-state index contributed by atoms with van der Waals surface area (Å²) in [6.07, 6.45) is 2.69. The van der Waals surface area contributed by atoms with Gasteiger partial charge in [-0.15, -0.1) is 0 Å². The Bertz CT molecular complexity index is 545. The molecule has 0 saturated carbocycles. The van der Waals surface area contributed by atoms with E-state index in [0.29, 0.717) is 6.54 Å². The molecule has 1 unspecified atom stereocenters. The molecule has 0 aliphatic carbocycles. The van der Waals surface area contributed by atoms with Crippen molar-refractivity contribution in [2.75, 3.05) is 0 Å². The van der Waals surface area contributed by atoms with E-state index in [0.717, 1.165) is 17.2 Å². The van der Waals surface area contributed by atoms with Crippen molar-refractivity contribution >= 4 is 10.8 Å². The molecule has 0 radical (unpaired) electrons. The molecule has 84 valence electrons. The molecule has 0 spiro atoms. The monoisotopic (exact) mass is 216 g/mol. The second-order valence-corrected chi connectivity index (χ2v) is 4.03. The third-order valence-electron chi connectivity index (χ3n) is 2.84. The van der Waals surface area contributed by atoms with Crippen molar-refractivity contribution in [2.45, 2.75) is 25.9 Å². The third-order valence-corrected chi connectivity index (χ3v) is 2.84. The van der Waals surface area contributed by atoms with Crippen molar-refractivity contribution in [3.8, 4) is 0 Å². The fourth-order valence-corrected chi connectivity index (χ4v) is 1.76. The first-order chi connectivity index (χ1) is 7.72. The SMILES string of the molecule is CCC(N)Cn1ccc2ccccc2c1=O. The quantitative estimate of drug-likeness (QED) is 0.849. The van der Waals surface area contributed by atoms with E-state index < -0.39 is 0 Å². The zero-order valence-corrected chi connectivity index (χ0v) is 9.39. The number of fused-ring (bicyclic) bond motifs is 1. The van der Waals surface area contributed by atoms with Crippen LogP contribution in [0.4, 0.5) is 0 Å². The highest BCUT2D eigenvalue weighted by Gasteiger charge is 2.05. The Morgan fingerprint density at radius 1 is 1.31 bits per heavy atom. The van der Waals surface area contributed by atoms with Crippen LogP contribution < -0.4 is 11.3 Å². The Morgan fingerprint density at radius 3 is 2.81 bits per heavy atom. The van der Waals surface area contributed by atoms with Crippen LogP contribution in [0, 0.1) is 0 Å². The molecule has 0 aliphatic heterocycles. The summed E-state index contributed by atoms with van der Waals surface area (Å²) in [4.78, 5) is 12.1. The highest BCUT2D eigenvalue weighted by Crippen LogP contribution is 2.08. The van der Waals surface area contributed by atoms with Crippen LogP contribution in [-0.4, -0.2) is 10.6 Å². The number of hydrogen-bond donors (Lipinski definition) is 1. The average molecular weight is 216 g/mol. The Kier molecular flexibility index (Phi) is 3.06. The van der Waals surface area contributed by atoms with Crippen LogP contribution in [0.25, 0.3) is 10.8 Å². The maximum atomic E-state index is 12.1. The highest BCUT2D eigenvalue weighted by molar-refractivity contribution is 5.81. The Labute approximate surface area is 94.5 Å². The molecule has 2 rings (SSSR count). The number of hydrogen-bond acceptors (Lipinski definition) is 2. The van der Waals surface area contributed by atoms with Gasteiger partial charge in [0.25, 0.3) is 5.56 Å². The predicted octanol–water partition coefficient (Wildman–Crippen LogP) is 1.74. The fourth-order valence-electron chi connectivity index (χ4n) is 1.76. The molecule has 3 heteroatoms. The summed E-state index contributed by atoms with van der Waals surface area (Å²) in [6.45, 7) is 2.61. The lowest BCUT2D eigenvalue weighted by Crippen LogP contribution is -2.31. The van der Waals surface area contributed by atoms with Gasteiger partial charge in [-0.25, -0.2) is 0 Å². The minimum absolute atomic E-state index is 0.0406. The number of aromatic nitrogens is 1. The van der Waals surface area contributed by atoms with Crippen molar-refractivity contribution in [3.63, 3.8) is 0 Å². The van der Waals surface area contributed by atoms with Crippen molar-refractivity contribution in [1.29, 1.82) is 0 Å². The van der Waals surface area contributed by atoms with E-state index in [2.05, 4.69) is 0 Å². The highest BCUT2D eigenvalue weighted by atomic mass is 16.1. The van der Waals surface area contributed by atoms with Gasteiger partial charge in [0.1, 0.15) is 0 Å². The lowest BCUT2D eigenvalue weighted by atomic mass is 10.1. The van der Waals surface area contributed by atoms with Crippen molar-refractivity contribution < 1.29 is 0 Å². The lowest BCUT2D eigenvalue weighted by Gasteiger charge is -2.11. The minimum atomic E-state index is 0.0406. The number of pyridine rings is 1. The van der Waals surface area contributed by atoms with Crippen molar-refractivity contribution in [1.82, 2.24) is 4.57 Å².